The number of hydrogen-bond acceptors (Lipinski definition) is 4. The van der Waals surface area contributed by atoms with Crippen LogP contribution >= 0.6 is 0 Å². The molecule has 3 unspecified atom stereocenters. The number of hydrogen-bond donors (Lipinski definition) is 0. The van der Waals surface area contributed by atoms with Crippen LogP contribution in [0.25, 0.3) is 0 Å². The van der Waals surface area contributed by atoms with E-state index in [0.29, 0.717) is 0 Å². The Morgan fingerprint density at radius 2 is 2.12 bits per heavy atom. The average molecular weight is 256 g/mol. The van der Waals surface area contributed by atoms with Gasteiger partial charge < -0.3 is 4.57 Å². The molecule has 0 bridgehead atoms. The van der Waals surface area contributed by atoms with Crippen LogP contribution in [-0.2, 0) is 14.3 Å². The lowest BCUT2D eigenvalue weighted by Gasteiger charge is -2.38. The van der Waals surface area contributed by atoms with Gasteiger partial charge in [-0.05, 0) is 25.2 Å². The molecule has 1 aromatic heterocycles. The molecule has 5 nitrogen and oxygen atoms in total. The Balaban J connectivity index is 1.88. The molecule has 3 atom stereocenters. The Bertz CT molecular complexity index is 483. The van der Waals surface area contributed by atoms with E-state index < -0.39 is 16.3 Å². The number of imidazole rings is 1. The number of aromatic nitrogens is 2. The van der Waals surface area contributed by atoms with Crippen molar-refractivity contribution >= 4 is 10.1 Å². The second-order valence-corrected chi connectivity index (χ2v) is 6.66. The Hall–Kier alpha value is -0.880. The fraction of sp³-hybridized carbons (Fsp3) is 0.727. The minimum absolute atomic E-state index is 0.245. The van der Waals surface area contributed by atoms with Gasteiger partial charge in [-0.2, -0.15) is 8.42 Å². The topological polar surface area (TPSA) is 61.2 Å². The van der Waals surface area contributed by atoms with Crippen LogP contribution in [0.3, 0.4) is 0 Å². The summed E-state index contributed by atoms with van der Waals surface area (Å²) in [5.41, 5.74) is 0. The highest BCUT2D eigenvalue weighted by atomic mass is 32.2. The van der Waals surface area contributed by atoms with Crippen molar-refractivity contribution in [3.8, 4) is 0 Å². The van der Waals surface area contributed by atoms with Crippen molar-refractivity contribution in [3.63, 3.8) is 0 Å². The van der Waals surface area contributed by atoms with E-state index in [1.165, 1.54) is 0 Å². The summed E-state index contributed by atoms with van der Waals surface area (Å²) in [5.74, 6) is 0.245. The van der Waals surface area contributed by atoms with E-state index in [9.17, 15) is 8.42 Å². The van der Waals surface area contributed by atoms with E-state index in [-0.39, 0.29) is 11.2 Å². The van der Waals surface area contributed by atoms with Crippen LogP contribution in [-0.4, -0.2) is 23.2 Å². The quantitative estimate of drug-likeness (QED) is 0.717. The van der Waals surface area contributed by atoms with Crippen molar-refractivity contribution in [2.45, 2.75) is 43.6 Å². The first-order valence-electron chi connectivity index (χ1n) is 6.06. The molecule has 0 spiro atoms. The van der Waals surface area contributed by atoms with Crippen molar-refractivity contribution in [2.24, 2.45) is 5.92 Å². The summed E-state index contributed by atoms with van der Waals surface area (Å²) in [6.07, 6.45) is 9.27. The maximum absolute atomic E-state index is 12.1. The van der Waals surface area contributed by atoms with Gasteiger partial charge in [0.05, 0.1) is 11.6 Å². The third-order valence-electron chi connectivity index (χ3n) is 3.82. The van der Waals surface area contributed by atoms with Gasteiger partial charge in [-0.1, -0.05) is 12.8 Å². The predicted octanol–water partition coefficient (Wildman–Crippen LogP) is 1.69. The van der Waals surface area contributed by atoms with Crippen LogP contribution in [0.15, 0.2) is 18.7 Å². The van der Waals surface area contributed by atoms with Crippen molar-refractivity contribution in [1.82, 2.24) is 9.55 Å². The third kappa shape index (κ3) is 1.99. The molecule has 6 heteroatoms. The maximum atomic E-state index is 12.1. The van der Waals surface area contributed by atoms with E-state index in [2.05, 4.69) is 4.98 Å². The Morgan fingerprint density at radius 1 is 1.29 bits per heavy atom. The van der Waals surface area contributed by atoms with Gasteiger partial charge >= 0.3 is 0 Å². The van der Waals surface area contributed by atoms with Gasteiger partial charge in [0, 0.05) is 12.4 Å². The zero-order valence-electron chi connectivity index (χ0n) is 9.53. The van der Waals surface area contributed by atoms with E-state index in [0.717, 1.165) is 32.1 Å². The molecule has 17 heavy (non-hydrogen) atoms. The second-order valence-electron chi connectivity index (χ2n) is 4.87. The highest BCUT2D eigenvalue weighted by Gasteiger charge is 2.43. The summed E-state index contributed by atoms with van der Waals surface area (Å²) in [5, 5.41) is -0.281. The van der Waals surface area contributed by atoms with Crippen LogP contribution in [0.2, 0.25) is 0 Å². The number of fused-ring (bicyclic) bond motifs is 1. The summed E-state index contributed by atoms with van der Waals surface area (Å²) in [6.45, 7) is 0. The second kappa shape index (κ2) is 4.10. The van der Waals surface area contributed by atoms with Crippen LogP contribution < -0.4 is 0 Å². The Labute approximate surface area is 101 Å². The summed E-state index contributed by atoms with van der Waals surface area (Å²) < 4.78 is 31.2. The monoisotopic (exact) mass is 256 g/mol. The summed E-state index contributed by atoms with van der Waals surface area (Å²) in [7, 11) is -3.41. The minimum Gasteiger partial charge on any atom is -0.310 e. The number of nitrogens with zero attached hydrogens (tertiary/aromatic N) is 2. The fourth-order valence-electron chi connectivity index (χ4n) is 2.96. The zero-order valence-corrected chi connectivity index (χ0v) is 10.3. The minimum atomic E-state index is -3.41. The van der Waals surface area contributed by atoms with Crippen molar-refractivity contribution in [2.75, 3.05) is 0 Å². The Kier molecular flexibility index (Phi) is 2.71. The molecule has 1 aromatic rings. The molecule has 3 rings (SSSR count). The van der Waals surface area contributed by atoms with Gasteiger partial charge in [0.15, 0.2) is 6.23 Å². The van der Waals surface area contributed by atoms with Gasteiger partial charge in [-0.3, -0.25) is 0 Å². The van der Waals surface area contributed by atoms with E-state index >= 15 is 0 Å². The first-order valence-corrected chi connectivity index (χ1v) is 7.53. The molecule has 1 saturated carbocycles. The maximum Gasteiger partial charge on any atom is 0.272 e. The molecular weight excluding hydrogens is 240 g/mol. The van der Waals surface area contributed by atoms with Gasteiger partial charge in [-0.15, -0.1) is 0 Å². The van der Waals surface area contributed by atoms with E-state index in [1.54, 1.807) is 23.3 Å². The van der Waals surface area contributed by atoms with Crippen LogP contribution in [0.1, 0.15) is 38.3 Å². The fourth-order valence-corrected chi connectivity index (χ4v) is 4.76. The molecule has 1 aliphatic heterocycles. The molecular formula is C11H16N2O3S. The molecule has 0 amide bonds. The van der Waals surface area contributed by atoms with Gasteiger partial charge in [0.1, 0.15) is 0 Å². The standard InChI is InChI=1S/C11H16N2O3S/c14-17(15)10-4-2-1-3-9(10)7-11(16-17)13-6-5-12-8-13/h5-6,8-11H,1-4,7H2. The lowest BCUT2D eigenvalue weighted by atomic mass is 9.86. The van der Waals surface area contributed by atoms with Crippen LogP contribution in [0.5, 0.6) is 0 Å². The third-order valence-corrected chi connectivity index (χ3v) is 5.67. The summed E-state index contributed by atoms with van der Waals surface area (Å²) in [6, 6.07) is 0. The summed E-state index contributed by atoms with van der Waals surface area (Å²) in [4.78, 5) is 3.94. The van der Waals surface area contributed by atoms with E-state index in [1.807, 2.05) is 0 Å². The Morgan fingerprint density at radius 3 is 2.88 bits per heavy atom. The van der Waals surface area contributed by atoms with Crippen LogP contribution in [0, 0.1) is 5.92 Å². The molecule has 2 aliphatic rings. The van der Waals surface area contributed by atoms with Gasteiger partial charge in [-0.25, -0.2) is 9.17 Å². The lowest BCUT2D eigenvalue weighted by Crippen LogP contribution is -2.41. The predicted molar refractivity (Wildman–Crippen MR) is 61.6 cm³/mol. The molecule has 1 aliphatic carbocycles. The first kappa shape index (κ1) is 11.2. The highest BCUT2D eigenvalue weighted by molar-refractivity contribution is 7.87. The molecule has 1 saturated heterocycles. The van der Waals surface area contributed by atoms with Crippen molar-refractivity contribution in [1.29, 1.82) is 0 Å². The molecule has 2 fully saturated rings. The lowest BCUT2D eigenvalue weighted by molar-refractivity contribution is 0.0695. The molecule has 2 heterocycles. The number of rotatable bonds is 1. The molecule has 0 aromatic carbocycles. The van der Waals surface area contributed by atoms with E-state index in [4.69, 9.17) is 4.18 Å². The molecule has 0 N–H and O–H groups in total. The van der Waals surface area contributed by atoms with Crippen molar-refractivity contribution in [3.05, 3.63) is 18.7 Å². The van der Waals surface area contributed by atoms with Crippen molar-refractivity contribution < 1.29 is 12.6 Å². The molecule has 0 radical (unpaired) electrons. The summed E-state index contributed by atoms with van der Waals surface area (Å²) >= 11 is 0. The van der Waals surface area contributed by atoms with Gasteiger partial charge in [0.25, 0.3) is 10.1 Å². The zero-order chi connectivity index (χ0) is 11.9. The molecule has 94 valence electrons. The largest absolute Gasteiger partial charge is 0.310 e. The highest BCUT2D eigenvalue weighted by Crippen LogP contribution is 2.41. The average Bonchev–Trinajstić information content (AvgIpc) is 2.81. The van der Waals surface area contributed by atoms with Gasteiger partial charge in [0.2, 0.25) is 0 Å². The SMILES string of the molecule is O=S1(=O)OC(n2ccnc2)CC2CCCCC21. The van der Waals surface area contributed by atoms with Crippen LogP contribution in [0.4, 0.5) is 0 Å². The first-order chi connectivity index (χ1) is 8.17. The smallest absolute Gasteiger partial charge is 0.272 e. The normalized spacial score (nSPS) is 36.4.